The molecule has 1 N–H and O–H groups in total. The minimum Gasteiger partial charge on any atom is -0.362 e. The van der Waals surface area contributed by atoms with Gasteiger partial charge in [0, 0.05) is 34.3 Å². The van der Waals surface area contributed by atoms with E-state index < -0.39 is 0 Å². The predicted octanol–water partition coefficient (Wildman–Crippen LogP) is 2.73. The van der Waals surface area contributed by atoms with Crippen LogP contribution in [0.5, 0.6) is 0 Å². The number of likely N-dealkylation sites (tertiary alicyclic amines) is 1. The second-order valence-corrected chi connectivity index (χ2v) is 6.36. The van der Waals surface area contributed by atoms with Crippen LogP contribution in [0.3, 0.4) is 0 Å². The van der Waals surface area contributed by atoms with Crippen LogP contribution in [-0.4, -0.2) is 34.9 Å². The first kappa shape index (κ1) is 12.4. The number of thiocarbonyl (C=S) groups is 1. The molecule has 3 rings (SSSR count). The van der Waals surface area contributed by atoms with E-state index in [4.69, 9.17) is 12.2 Å². The number of aromatic amines is 1. The van der Waals surface area contributed by atoms with Crippen LogP contribution in [0.1, 0.15) is 35.9 Å². The summed E-state index contributed by atoms with van der Waals surface area (Å²) in [4.78, 5) is 7.25. The first-order valence-electron chi connectivity index (χ1n) is 7.04. The van der Waals surface area contributed by atoms with Crippen LogP contribution in [-0.2, 0) is 12.8 Å². The number of hydrogen-bond donors (Lipinski definition) is 1. The van der Waals surface area contributed by atoms with E-state index in [0.717, 1.165) is 18.9 Å². The number of aryl methyl sites for hydroxylation is 1. The van der Waals surface area contributed by atoms with Gasteiger partial charge in [0.25, 0.3) is 0 Å². The molecule has 0 bridgehead atoms. The fourth-order valence-corrected chi connectivity index (χ4v) is 4.29. The Morgan fingerprint density at radius 2 is 2.22 bits per heavy atom. The van der Waals surface area contributed by atoms with Crippen LogP contribution in [0.2, 0.25) is 0 Å². The Balaban J connectivity index is 2.03. The number of aromatic nitrogens is 1. The van der Waals surface area contributed by atoms with Crippen LogP contribution in [0.25, 0.3) is 0 Å². The topological polar surface area (TPSA) is 19.0 Å². The number of H-pyrrole nitrogens is 1. The Bertz CT molecular complexity index is 489. The lowest BCUT2D eigenvalue weighted by Gasteiger charge is -2.40. The van der Waals surface area contributed by atoms with Crippen molar-refractivity contribution in [2.75, 3.05) is 20.1 Å². The molecule has 2 atom stereocenters. The van der Waals surface area contributed by atoms with Crippen molar-refractivity contribution >= 4 is 17.1 Å². The fourth-order valence-electron chi connectivity index (χ4n) is 3.78. The van der Waals surface area contributed by atoms with Crippen molar-refractivity contribution in [2.45, 2.75) is 33.1 Å². The van der Waals surface area contributed by atoms with E-state index in [2.05, 4.69) is 30.8 Å². The maximum absolute atomic E-state index is 5.83. The van der Waals surface area contributed by atoms with Crippen molar-refractivity contribution in [3.63, 3.8) is 0 Å². The molecule has 18 heavy (non-hydrogen) atoms. The van der Waals surface area contributed by atoms with Gasteiger partial charge in [-0.2, -0.15) is 0 Å². The Kier molecular flexibility index (Phi) is 3.07. The van der Waals surface area contributed by atoms with Gasteiger partial charge in [-0.1, -0.05) is 19.1 Å². The Labute approximate surface area is 115 Å². The zero-order valence-electron chi connectivity index (χ0n) is 11.5. The maximum Gasteiger partial charge on any atom is 0.0292 e. The average Bonchev–Trinajstić information content (AvgIpc) is 2.66. The van der Waals surface area contributed by atoms with Gasteiger partial charge in [-0.05, 0) is 51.3 Å². The van der Waals surface area contributed by atoms with Gasteiger partial charge in [0.15, 0.2) is 0 Å². The molecule has 98 valence electrons. The molecule has 2 heterocycles. The molecule has 0 aromatic carbocycles. The van der Waals surface area contributed by atoms with E-state index in [-0.39, 0.29) is 0 Å². The van der Waals surface area contributed by atoms with Crippen LogP contribution in [0.15, 0.2) is 0 Å². The highest BCUT2D eigenvalue weighted by Gasteiger charge is 2.38. The quantitative estimate of drug-likeness (QED) is 0.785. The highest BCUT2D eigenvalue weighted by Crippen LogP contribution is 2.38. The second-order valence-electron chi connectivity index (χ2n) is 5.92. The third-order valence-electron chi connectivity index (χ3n) is 4.76. The van der Waals surface area contributed by atoms with E-state index in [9.17, 15) is 0 Å². The minimum atomic E-state index is 0.603. The monoisotopic (exact) mass is 262 g/mol. The summed E-state index contributed by atoms with van der Waals surface area (Å²) >= 11 is 5.83. The van der Waals surface area contributed by atoms with Crippen molar-refractivity contribution in [3.8, 4) is 0 Å². The van der Waals surface area contributed by atoms with Gasteiger partial charge >= 0.3 is 0 Å². The van der Waals surface area contributed by atoms with Crippen LogP contribution < -0.4 is 0 Å². The van der Waals surface area contributed by atoms with Crippen molar-refractivity contribution in [1.29, 1.82) is 0 Å². The van der Waals surface area contributed by atoms with E-state index in [1.807, 2.05) is 0 Å². The van der Waals surface area contributed by atoms with Gasteiger partial charge in [0.1, 0.15) is 0 Å². The zero-order valence-corrected chi connectivity index (χ0v) is 12.4. The number of hydrogen-bond acceptors (Lipinski definition) is 2. The van der Waals surface area contributed by atoms with Gasteiger partial charge in [-0.25, -0.2) is 0 Å². The third kappa shape index (κ3) is 1.76. The van der Waals surface area contributed by atoms with Gasteiger partial charge < -0.3 is 9.88 Å². The Morgan fingerprint density at radius 1 is 1.44 bits per heavy atom. The van der Waals surface area contributed by atoms with Crippen LogP contribution in [0.4, 0.5) is 0 Å². The molecule has 0 saturated carbocycles. The van der Waals surface area contributed by atoms with Crippen molar-refractivity contribution < 1.29 is 0 Å². The van der Waals surface area contributed by atoms with Gasteiger partial charge in [0.05, 0.1) is 0 Å². The maximum atomic E-state index is 5.83. The summed E-state index contributed by atoms with van der Waals surface area (Å²) in [5.74, 6) is 1.37. The van der Waals surface area contributed by atoms with Crippen molar-refractivity contribution in [2.24, 2.45) is 11.8 Å². The molecule has 0 amide bonds. The number of rotatable bonds is 1. The lowest BCUT2D eigenvalue weighted by atomic mass is 9.73. The normalized spacial score (nSPS) is 28.1. The Hall–Kier alpha value is -0.670. The Morgan fingerprint density at radius 3 is 2.94 bits per heavy atom. The summed E-state index contributed by atoms with van der Waals surface area (Å²) in [5.41, 5.74) is 5.61. The molecule has 1 aliphatic carbocycles. The summed E-state index contributed by atoms with van der Waals surface area (Å²) in [6.07, 6.45) is 3.58. The molecular formula is C15H22N2S. The van der Waals surface area contributed by atoms with E-state index in [0.29, 0.717) is 5.92 Å². The highest BCUT2D eigenvalue weighted by molar-refractivity contribution is 7.80. The summed E-state index contributed by atoms with van der Waals surface area (Å²) < 4.78 is 0. The fraction of sp³-hybridized carbons (Fsp3) is 0.667. The van der Waals surface area contributed by atoms with Gasteiger partial charge in [-0.15, -0.1) is 0 Å². The molecular weight excluding hydrogens is 240 g/mol. The van der Waals surface area contributed by atoms with Crippen molar-refractivity contribution in [1.82, 2.24) is 9.88 Å². The standard InChI is InChI=1S/C15H22N2S/c1-4-11-9(2)16-13-7-10-5-6-17(3)8-12(10)15(18)14(11)13/h10,12,16H,4-8H2,1-3H3. The molecule has 2 unspecified atom stereocenters. The summed E-state index contributed by atoms with van der Waals surface area (Å²) in [6.45, 7) is 6.80. The van der Waals surface area contributed by atoms with E-state index in [1.165, 1.54) is 46.8 Å². The molecule has 1 saturated heterocycles. The molecule has 0 radical (unpaired) electrons. The first-order valence-corrected chi connectivity index (χ1v) is 7.45. The van der Waals surface area contributed by atoms with E-state index >= 15 is 0 Å². The minimum absolute atomic E-state index is 0.603. The molecule has 1 aliphatic heterocycles. The van der Waals surface area contributed by atoms with Crippen LogP contribution in [0, 0.1) is 18.8 Å². The largest absolute Gasteiger partial charge is 0.362 e. The third-order valence-corrected chi connectivity index (χ3v) is 5.26. The van der Waals surface area contributed by atoms with Gasteiger partial charge in [-0.3, -0.25) is 0 Å². The summed E-state index contributed by atoms with van der Waals surface area (Å²) in [6, 6.07) is 0. The lowest BCUT2D eigenvalue weighted by molar-refractivity contribution is 0.180. The molecule has 2 aliphatic rings. The van der Waals surface area contributed by atoms with E-state index in [1.54, 1.807) is 0 Å². The second kappa shape index (κ2) is 4.46. The molecule has 2 nitrogen and oxygen atoms in total. The number of piperidine rings is 1. The highest BCUT2D eigenvalue weighted by atomic mass is 32.1. The molecule has 1 fully saturated rings. The zero-order chi connectivity index (χ0) is 12.9. The molecule has 1 aromatic rings. The summed E-state index contributed by atoms with van der Waals surface area (Å²) in [7, 11) is 2.22. The van der Waals surface area contributed by atoms with Crippen LogP contribution >= 0.6 is 12.2 Å². The SMILES string of the molecule is CCc1c(C)[nH]c2c1C(=S)C1CN(C)CCC1C2. The smallest absolute Gasteiger partial charge is 0.0292 e. The first-order chi connectivity index (χ1) is 8.61. The molecule has 0 spiro atoms. The number of nitrogens with zero attached hydrogens (tertiary/aromatic N) is 1. The van der Waals surface area contributed by atoms with Crippen molar-refractivity contribution in [3.05, 3.63) is 22.5 Å². The molecule has 3 heteroatoms. The predicted molar refractivity (Wildman–Crippen MR) is 79.4 cm³/mol. The summed E-state index contributed by atoms with van der Waals surface area (Å²) in [5, 5.41) is 0. The number of fused-ring (bicyclic) bond motifs is 2. The molecule has 1 aromatic heterocycles. The lowest BCUT2D eigenvalue weighted by Crippen LogP contribution is -2.44. The number of nitrogens with one attached hydrogen (secondary N) is 1. The average molecular weight is 262 g/mol. The van der Waals surface area contributed by atoms with Gasteiger partial charge in [0.2, 0.25) is 0 Å².